The Morgan fingerprint density at radius 3 is 2.58 bits per heavy atom. The molecule has 2 unspecified atom stereocenters. The summed E-state index contributed by atoms with van der Waals surface area (Å²) in [6.07, 6.45) is 0. The Bertz CT molecular complexity index is 826. The second-order valence-corrected chi connectivity index (χ2v) is 7.79. The molecule has 2 aromatic rings. The molecule has 2 aliphatic heterocycles. The first-order valence-corrected chi connectivity index (χ1v) is 9.03. The van der Waals surface area contributed by atoms with Crippen molar-refractivity contribution >= 4 is 40.8 Å². The average molecular weight is 355 g/mol. The van der Waals surface area contributed by atoms with Gasteiger partial charge in [-0.1, -0.05) is 42.5 Å². The molecule has 2 N–H and O–H groups in total. The number of urea groups is 1. The monoisotopic (exact) mass is 355 g/mol. The molecule has 122 valence electrons. The van der Waals surface area contributed by atoms with Crippen LogP contribution in [0.4, 0.5) is 10.5 Å². The van der Waals surface area contributed by atoms with Crippen molar-refractivity contribution in [3.8, 4) is 0 Å². The van der Waals surface area contributed by atoms with Crippen molar-refractivity contribution in [1.29, 1.82) is 0 Å². The second-order valence-electron chi connectivity index (χ2n) is 6.28. The maximum absolute atomic E-state index is 11.9. The fourth-order valence-electron chi connectivity index (χ4n) is 3.60. The van der Waals surface area contributed by atoms with Gasteiger partial charge in [0.25, 0.3) is 0 Å². The molecule has 0 bridgehead atoms. The number of rotatable bonds is 1. The lowest BCUT2D eigenvalue weighted by atomic mass is 9.90. The molecule has 2 heterocycles. The molecule has 2 aliphatic rings. The lowest BCUT2D eigenvalue weighted by Gasteiger charge is -2.45. The Morgan fingerprint density at radius 1 is 1.21 bits per heavy atom. The van der Waals surface area contributed by atoms with E-state index in [1.807, 2.05) is 42.1 Å². The van der Waals surface area contributed by atoms with Crippen LogP contribution in [0, 0.1) is 0 Å². The highest BCUT2D eigenvalue weighted by Gasteiger charge is 2.54. The number of carbonyl (C=O) groups excluding carboxylic acids is 1. The summed E-state index contributed by atoms with van der Waals surface area (Å²) >= 11 is 7.43. The van der Waals surface area contributed by atoms with Crippen LogP contribution < -0.4 is 10.6 Å². The van der Waals surface area contributed by atoms with E-state index in [1.165, 1.54) is 10.5 Å². The molecule has 6 heteroatoms. The van der Waals surface area contributed by atoms with Crippen LogP contribution >= 0.6 is 24.0 Å². The number of carbonyl (C=O) groups is 1. The van der Waals surface area contributed by atoms with E-state index in [0.29, 0.717) is 11.7 Å². The van der Waals surface area contributed by atoms with Gasteiger partial charge < -0.3 is 10.6 Å². The number of amides is 2. The van der Waals surface area contributed by atoms with Gasteiger partial charge in [-0.2, -0.15) is 0 Å². The molecule has 1 saturated heterocycles. The zero-order chi connectivity index (χ0) is 16.9. The van der Waals surface area contributed by atoms with Gasteiger partial charge in [0, 0.05) is 4.90 Å². The molecule has 24 heavy (non-hydrogen) atoms. The van der Waals surface area contributed by atoms with Crippen molar-refractivity contribution in [2.75, 3.05) is 11.4 Å². The fourth-order valence-corrected chi connectivity index (χ4v) is 5.48. The van der Waals surface area contributed by atoms with Crippen molar-refractivity contribution in [2.45, 2.75) is 22.6 Å². The molecule has 2 aromatic carbocycles. The number of nitrogens with two attached hydrogens (primary N) is 1. The summed E-state index contributed by atoms with van der Waals surface area (Å²) in [7, 11) is 0. The molecular formula is C18H17N3OS2. The van der Waals surface area contributed by atoms with Crippen molar-refractivity contribution < 1.29 is 4.79 Å². The van der Waals surface area contributed by atoms with Gasteiger partial charge in [-0.25, -0.2) is 4.79 Å². The van der Waals surface area contributed by atoms with Crippen molar-refractivity contribution in [1.82, 2.24) is 4.90 Å². The van der Waals surface area contributed by atoms with Gasteiger partial charge in [0.1, 0.15) is 0 Å². The van der Waals surface area contributed by atoms with Gasteiger partial charge in [-0.05, 0) is 36.8 Å². The van der Waals surface area contributed by atoms with Crippen LogP contribution in [0.2, 0.25) is 0 Å². The Labute approximate surface area is 150 Å². The van der Waals surface area contributed by atoms with Gasteiger partial charge in [0.05, 0.1) is 23.0 Å². The van der Waals surface area contributed by atoms with Crippen LogP contribution in [-0.2, 0) is 0 Å². The third-order valence-electron chi connectivity index (χ3n) is 4.70. The molecule has 0 radical (unpaired) electrons. The predicted octanol–water partition coefficient (Wildman–Crippen LogP) is 3.78. The van der Waals surface area contributed by atoms with E-state index in [1.54, 1.807) is 0 Å². The largest absolute Gasteiger partial charge is 0.351 e. The minimum absolute atomic E-state index is 0.149. The van der Waals surface area contributed by atoms with Crippen molar-refractivity contribution in [2.24, 2.45) is 5.73 Å². The van der Waals surface area contributed by atoms with Gasteiger partial charge >= 0.3 is 6.03 Å². The predicted molar refractivity (Wildman–Crippen MR) is 101 cm³/mol. The van der Waals surface area contributed by atoms with E-state index in [2.05, 4.69) is 36.1 Å². The maximum Gasteiger partial charge on any atom is 0.321 e. The highest BCUT2D eigenvalue weighted by molar-refractivity contribution is 8.00. The Morgan fingerprint density at radius 2 is 1.88 bits per heavy atom. The van der Waals surface area contributed by atoms with Crippen LogP contribution in [0.15, 0.2) is 59.5 Å². The first kappa shape index (κ1) is 15.5. The molecule has 2 amide bonds. The molecule has 0 saturated carbocycles. The minimum atomic E-state index is -0.495. The number of nitrogens with zero attached hydrogens (tertiary/aromatic N) is 2. The first-order chi connectivity index (χ1) is 11.5. The number of primary amides is 1. The van der Waals surface area contributed by atoms with E-state index in [9.17, 15) is 4.79 Å². The number of fused-ring (bicyclic) bond motifs is 3. The highest BCUT2D eigenvalue weighted by Crippen LogP contribution is 2.56. The zero-order valence-corrected chi connectivity index (χ0v) is 14.8. The zero-order valence-electron chi connectivity index (χ0n) is 13.2. The number of hydrogen-bond donors (Lipinski definition) is 1. The molecule has 4 rings (SSSR count). The molecule has 4 nitrogen and oxygen atoms in total. The summed E-state index contributed by atoms with van der Waals surface area (Å²) in [4.78, 5) is 16.7. The quantitative estimate of drug-likeness (QED) is 0.791. The van der Waals surface area contributed by atoms with Crippen LogP contribution in [0.25, 0.3) is 0 Å². The standard InChI is InChI=1S/C18H17N3OS2/c1-18-11-20(16(19)22)17(23)21(18)13-9-5-6-10-14(13)24-15(18)12-7-3-2-4-8-12/h2-10,15H,11H2,1H3,(H2,19,22). The van der Waals surface area contributed by atoms with Crippen LogP contribution in [-0.4, -0.2) is 28.1 Å². The summed E-state index contributed by atoms with van der Waals surface area (Å²) in [5.41, 5.74) is 7.50. The number of hydrogen-bond acceptors (Lipinski definition) is 3. The lowest BCUT2D eigenvalue weighted by Crippen LogP contribution is -2.50. The van der Waals surface area contributed by atoms with Gasteiger partial charge in [-0.15, -0.1) is 11.8 Å². The van der Waals surface area contributed by atoms with E-state index in [0.717, 1.165) is 10.6 Å². The maximum atomic E-state index is 11.9. The fraction of sp³-hybridized carbons (Fsp3) is 0.222. The van der Waals surface area contributed by atoms with Crippen molar-refractivity contribution in [3.05, 3.63) is 60.2 Å². The topological polar surface area (TPSA) is 49.6 Å². The number of para-hydroxylation sites is 1. The van der Waals surface area contributed by atoms with E-state index >= 15 is 0 Å². The van der Waals surface area contributed by atoms with E-state index in [-0.39, 0.29) is 10.8 Å². The molecule has 1 fully saturated rings. The highest BCUT2D eigenvalue weighted by atomic mass is 32.2. The van der Waals surface area contributed by atoms with Gasteiger partial charge in [0.2, 0.25) is 0 Å². The molecule has 0 spiro atoms. The summed E-state index contributed by atoms with van der Waals surface area (Å²) in [6, 6.07) is 18.1. The number of anilines is 1. The molecule has 0 aromatic heterocycles. The molecule has 2 atom stereocenters. The SMILES string of the molecule is CC12CN(C(N)=O)C(=S)N1c1ccccc1SC2c1ccccc1. The third kappa shape index (κ3) is 2.13. The van der Waals surface area contributed by atoms with Crippen LogP contribution in [0.1, 0.15) is 17.7 Å². The van der Waals surface area contributed by atoms with Crippen LogP contribution in [0.3, 0.4) is 0 Å². The smallest absolute Gasteiger partial charge is 0.321 e. The van der Waals surface area contributed by atoms with Gasteiger partial charge in [-0.3, -0.25) is 4.90 Å². The average Bonchev–Trinajstić information content (AvgIpc) is 2.87. The number of benzene rings is 2. The Balaban J connectivity index is 1.90. The molecular weight excluding hydrogens is 338 g/mol. The normalized spacial score (nSPS) is 25.4. The molecule has 0 aliphatic carbocycles. The second kappa shape index (κ2) is 5.50. The van der Waals surface area contributed by atoms with Crippen molar-refractivity contribution in [3.63, 3.8) is 0 Å². The van der Waals surface area contributed by atoms with E-state index in [4.69, 9.17) is 18.0 Å². The Kier molecular flexibility index (Phi) is 3.54. The first-order valence-electron chi connectivity index (χ1n) is 7.74. The summed E-state index contributed by atoms with van der Waals surface area (Å²) in [6.45, 7) is 2.64. The summed E-state index contributed by atoms with van der Waals surface area (Å²) in [5, 5.41) is 0.634. The van der Waals surface area contributed by atoms with E-state index < -0.39 is 6.03 Å². The summed E-state index contributed by atoms with van der Waals surface area (Å²) < 4.78 is 0. The minimum Gasteiger partial charge on any atom is -0.351 e. The van der Waals surface area contributed by atoms with Gasteiger partial charge in [0.15, 0.2) is 5.11 Å². The summed E-state index contributed by atoms with van der Waals surface area (Å²) in [5.74, 6) is 0. The Hall–Kier alpha value is -2.05. The third-order valence-corrected chi connectivity index (χ3v) is 6.71. The number of thioether (sulfide) groups is 1. The lowest BCUT2D eigenvalue weighted by molar-refractivity contribution is 0.228. The van der Waals surface area contributed by atoms with Crippen LogP contribution in [0.5, 0.6) is 0 Å². The number of thiocarbonyl (C=S) groups is 1.